The lowest BCUT2D eigenvalue weighted by molar-refractivity contribution is -0.384. The van der Waals surface area contributed by atoms with Gasteiger partial charge in [-0.2, -0.15) is 0 Å². The van der Waals surface area contributed by atoms with E-state index >= 15 is 0 Å². The molecule has 3 aliphatic heterocycles. The normalized spacial score (nSPS) is 24.0. The minimum Gasteiger partial charge on any atom is -0.459 e. The maximum atomic E-state index is 11.4. The van der Waals surface area contributed by atoms with Gasteiger partial charge in [-0.25, -0.2) is 14.4 Å². The third-order valence-electron chi connectivity index (χ3n) is 8.03. The molecular weight excluding hydrogens is 585 g/mol. The Morgan fingerprint density at radius 2 is 1.97 bits per heavy atom. The zero-order chi connectivity index (χ0) is 27.5. The molecule has 3 aliphatic rings. The summed E-state index contributed by atoms with van der Waals surface area (Å²) in [5.41, 5.74) is 3.57. The molecule has 0 saturated carbocycles. The summed E-state index contributed by atoms with van der Waals surface area (Å²) in [5.74, 6) is 0.876. The van der Waals surface area contributed by atoms with Gasteiger partial charge in [-0.1, -0.05) is 13.8 Å². The first-order valence-corrected chi connectivity index (χ1v) is 15.2. The third-order valence-corrected chi connectivity index (χ3v) is 11.7. The van der Waals surface area contributed by atoms with Crippen molar-refractivity contribution >= 4 is 57.3 Å². The van der Waals surface area contributed by atoms with Crippen LogP contribution in [0, 0.1) is 10.1 Å². The van der Waals surface area contributed by atoms with E-state index in [-0.39, 0.29) is 17.1 Å². The molecule has 0 amide bonds. The average Bonchev–Trinajstić information content (AvgIpc) is 3.52. The molecule has 0 unspecified atom stereocenters. The van der Waals surface area contributed by atoms with Crippen molar-refractivity contribution < 1.29 is 18.6 Å². The lowest BCUT2D eigenvalue weighted by atomic mass is 9.81. The number of hydrogen-bond acceptors (Lipinski definition) is 8. The first kappa shape index (κ1) is 26.3. The van der Waals surface area contributed by atoms with Crippen molar-refractivity contribution in [2.24, 2.45) is 9.74 Å². The van der Waals surface area contributed by atoms with Gasteiger partial charge >= 0.3 is 0 Å². The molecule has 0 bridgehead atoms. The molecule has 204 valence electrons. The summed E-state index contributed by atoms with van der Waals surface area (Å²) in [7, 11) is -0.884. The Morgan fingerprint density at radius 1 is 1.21 bits per heavy atom. The van der Waals surface area contributed by atoms with Crippen LogP contribution in [0.3, 0.4) is 0 Å². The van der Waals surface area contributed by atoms with Gasteiger partial charge in [-0.05, 0) is 58.7 Å². The van der Waals surface area contributed by atoms with Crippen molar-refractivity contribution in [3.05, 3.63) is 74.6 Å². The Kier molecular flexibility index (Phi) is 6.45. The number of likely N-dealkylation sites (N-methyl/N-ethyl adjacent to an activating group) is 1. The Balaban J connectivity index is 1.66. The third kappa shape index (κ3) is 4.23. The van der Waals surface area contributed by atoms with Crippen molar-refractivity contribution in [2.75, 3.05) is 38.3 Å². The predicted molar refractivity (Wildman–Crippen MR) is 155 cm³/mol. The second-order valence-electron chi connectivity index (χ2n) is 10.5. The van der Waals surface area contributed by atoms with Crippen LogP contribution < -0.4 is 10.2 Å². The number of benzene rings is 2. The SMILES string of the molecule is C[C@@H]1N(C)c2cc3c(cc2C1(C)C)[P@@](=Nc1ccc([N+](=O)[O-])cc1Br)(N1CCOCC1)OC(c1ccco1)=N3. The van der Waals surface area contributed by atoms with E-state index in [1.54, 1.807) is 18.4 Å². The maximum Gasteiger partial charge on any atom is 0.270 e. The highest BCUT2D eigenvalue weighted by Gasteiger charge is 2.46. The smallest absolute Gasteiger partial charge is 0.270 e. The Morgan fingerprint density at radius 3 is 2.64 bits per heavy atom. The molecule has 6 rings (SSSR count). The highest BCUT2D eigenvalue weighted by Crippen LogP contribution is 2.62. The minimum atomic E-state index is -3.00. The van der Waals surface area contributed by atoms with Gasteiger partial charge in [0.15, 0.2) is 5.76 Å². The van der Waals surface area contributed by atoms with Crippen molar-refractivity contribution in [1.82, 2.24) is 4.67 Å². The van der Waals surface area contributed by atoms with E-state index in [1.165, 1.54) is 17.7 Å². The van der Waals surface area contributed by atoms with Gasteiger partial charge in [0.1, 0.15) is 0 Å². The van der Waals surface area contributed by atoms with Gasteiger partial charge in [-0.3, -0.25) is 10.1 Å². The van der Waals surface area contributed by atoms with Crippen LogP contribution in [0.15, 0.2) is 67.4 Å². The summed E-state index contributed by atoms with van der Waals surface area (Å²) in [6.07, 6.45) is 1.59. The van der Waals surface area contributed by atoms with Crippen molar-refractivity contribution in [3.8, 4) is 0 Å². The monoisotopic (exact) mass is 613 g/mol. The molecule has 0 spiro atoms. The molecule has 0 radical (unpaired) electrons. The maximum absolute atomic E-state index is 11.4. The van der Waals surface area contributed by atoms with Crippen LogP contribution in [0.2, 0.25) is 0 Å². The summed E-state index contributed by atoms with van der Waals surface area (Å²) in [4.78, 5) is 18.2. The van der Waals surface area contributed by atoms with E-state index in [9.17, 15) is 10.1 Å². The summed E-state index contributed by atoms with van der Waals surface area (Å²) >= 11 is 3.53. The largest absolute Gasteiger partial charge is 0.459 e. The molecule has 0 aliphatic carbocycles. The second-order valence-corrected chi connectivity index (χ2v) is 13.8. The second kappa shape index (κ2) is 9.59. The molecule has 10 nitrogen and oxygen atoms in total. The number of nitrogens with zero attached hydrogens (tertiary/aromatic N) is 5. The van der Waals surface area contributed by atoms with E-state index in [1.807, 2.05) is 6.07 Å². The Hall–Kier alpha value is -2.98. The fourth-order valence-corrected chi connectivity index (χ4v) is 9.06. The number of hydrogen-bond donors (Lipinski definition) is 0. The lowest BCUT2D eigenvalue weighted by Crippen LogP contribution is -2.39. The van der Waals surface area contributed by atoms with Crippen LogP contribution in [0.4, 0.5) is 22.7 Å². The van der Waals surface area contributed by atoms with Crippen LogP contribution in [0.1, 0.15) is 32.1 Å². The van der Waals surface area contributed by atoms with E-state index in [0.29, 0.717) is 48.1 Å². The first-order valence-electron chi connectivity index (χ1n) is 12.8. The van der Waals surface area contributed by atoms with Crippen LogP contribution in [-0.2, 0) is 14.7 Å². The van der Waals surface area contributed by atoms with E-state index in [2.05, 4.69) is 65.5 Å². The number of fused-ring (bicyclic) bond motifs is 2. The zero-order valence-electron chi connectivity index (χ0n) is 22.1. The fourth-order valence-electron chi connectivity index (χ4n) is 5.42. The number of morpholine rings is 1. The number of aliphatic imine (C=N–C) groups is 1. The van der Waals surface area contributed by atoms with Crippen LogP contribution >= 0.6 is 23.4 Å². The quantitative estimate of drug-likeness (QED) is 0.188. The van der Waals surface area contributed by atoms with E-state index in [4.69, 9.17) is 23.4 Å². The van der Waals surface area contributed by atoms with Gasteiger partial charge in [0.2, 0.25) is 7.43 Å². The number of nitro groups is 1. The van der Waals surface area contributed by atoms with E-state index < -0.39 is 12.4 Å². The Bertz CT molecular complexity index is 1550. The average molecular weight is 614 g/mol. The number of anilines is 1. The van der Waals surface area contributed by atoms with E-state index in [0.717, 1.165) is 16.7 Å². The molecule has 0 N–H and O–H groups in total. The molecule has 4 heterocycles. The molecule has 1 fully saturated rings. The van der Waals surface area contributed by atoms with Gasteiger partial charge in [-0.15, -0.1) is 0 Å². The highest BCUT2D eigenvalue weighted by molar-refractivity contribution is 9.10. The standard InChI is InChI=1S/C27H29BrN5O5P/c1-17-27(2,3)19-15-25-22(16-23(19)31(17)4)29-26(24-6-5-11-37-24)38-39(25,32-9-12-36-13-10-32)30-21-8-7-18(33(34)35)14-20(21)28/h5-8,11,14-17H,9-10,12-13H2,1-4H3/t17-,39+/m0/s1. The zero-order valence-corrected chi connectivity index (χ0v) is 24.6. The number of rotatable bonds is 4. The molecule has 1 saturated heterocycles. The van der Waals surface area contributed by atoms with Crippen LogP contribution in [0.5, 0.6) is 0 Å². The van der Waals surface area contributed by atoms with Crippen molar-refractivity contribution in [2.45, 2.75) is 32.2 Å². The molecule has 2 atom stereocenters. The predicted octanol–water partition coefficient (Wildman–Crippen LogP) is 6.50. The summed E-state index contributed by atoms with van der Waals surface area (Å²) < 4.78 is 26.5. The lowest BCUT2D eigenvalue weighted by Gasteiger charge is -2.40. The highest BCUT2D eigenvalue weighted by atomic mass is 79.9. The number of furan rings is 1. The minimum absolute atomic E-state index is 0.0148. The van der Waals surface area contributed by atoms with Gasteiger partial charge in [0, 0.05) is 49.4 Å². The number of non-ortho nitro benzene ring substituents is 1. The van der Waals surface area contributed by atoms with Gasteiger partial charge in [0.05, 0.1) is 45.6 Å². The molecule has 3 aromatic rings. The Labute approximate surface area is 235 Å². The number of halogens is 1. The molecular formula is C27H29BrN5O5P. The van der Waals surface area contributed by atoms with Crippen molar-refractivity contribution in [3.63, 3.8) is 0 Å². The van der Waals surface area contributed by atoms with Gasteiger partial charge in [0.25, 0.3) is 11.6 Å². The summed E-state index contributed by atoms with van der Waals surface area (Å²) in [6, 6.07) is 12.9. The van der Waals surface area contributed by atoms with Crippen LogP contribution in [-0.4, -0.2) is 54.9 Å². The van der Waals surface area contributed by atoms with Crippen LogP contribution in [0.25, 0.3) is 0 Å². The summed E-state index contributed by atoms with van der Waals surface area (Å²) in [5, 5.41) is 12.3. The summed E-state index contributed by atoms with van der Waals surface area (Å²) in [6.45, 7) is 9.06. The topological polar surface area (TPSA) is 106 Å². The first-order chi connectivity index (χ1) is 18.6. The fraction of sp³-hybridized carbons (Fsp3) is 0.370. The molecule has 12 heteroatoms. The molecule has 39 heavy (non-hydrogen) atoms. The molecule has 2 aromatic carbocycles. The van der Waals surface area contributed by atoms with Crippen molar-refractivity contribution in [1.29, 1.82) is 0 Å². The van der Waals surface area contributed by atoms with Gasteiger partial charge < -0.3 is 18.6 Å². The molecule has 1 aromatic heterocycles. The number of ether oxygens (including phenoxy) is 1. The number of nitro benzene ring substituents is 1.